The molecule has 0 bridgehead atoms. The zero-order valence-corrected chi connectivity index (χ0v) is 17.8. The van der Waals surface area contributed by atoms with E-state index in [0.717, 1.165) is 28.0 Å². The zero-order valence-electron chi connectivity index (χ0n) is 15.4. The zero-order chi connectivity index (χ0) is 19.9. The first-order chi connectivity index (χ1) is 13.4. The van der Waals surface area contributed by atoms with Crippen molar-refractivity contribution in [3.8, 4) is 0 Å². The van der Waals surface area contributed by atoms with Crippen molar-refractivity contribution in [2.75, 3.05) is 18.6 Å². The summed E-state index contributed by atoms with van der Waals surface area (Å²) in [6.07, 6.45) is 3.81. The van der Waals surface area contributed by atoms with Crippen LogP contribution in [0.2, 0.25) is 0 Å². The lowest BCUT2D eigenvalue weighted by Crippen LogP contribution is -2.29. The maximum Gasteiger partial charge on any atom is 0.257 e. The van der Waals surface area contributed by atoms with Gasteiger partial charge in [-0.3, -0.25) is 10.1 Å². The molecule has 0 saturated heterocycles. The fraction of sp³-hybridized carbons (Fsp3) is 0.263. The summed E-state index contributed by atoms with van der Waals surface area (Å²) in [5.41, 5.74) is 1.22. The number of thioether (sulfide) groups is 1. The quantitative estimate of drug-likeness (QED) is 0.593. The van der Waals surface area contributed by atoms with Gasteiger partial charge in [-0.05, 0) is 61.6 Å². The number of hydrogen-bond donors (Lipinski definition) is 1. The molecule has 28 heavy (non-hydrogen) atoms. The van der Waals surface area contributed by atoms with Crippen molar-refractivity contribution < 1.29 is 13.2 Å². The van der Waals surface area contributed by atoms with E-state index in [1.54, 1.807) is 18.8 Å². The molecule has 0 radical (unpaired) electrons. The molecule has 9 heteroatoms. The Balaban J connectivity index is 1.50. The Hall–Kier alpha value is -1.94. The summed E-state index contributed by atoms with van der Waals surface area (Å²) in [7, 11) is -1.91. The fourth-order valence-electron chi connectivity index (χ4n) is 2.83. The number of carbonyl (C=O) groups excluding carboxylic acids is 1. The molecule has 1 heterocycles. The lowest BCUT2D eigenvalue weighted by Gasteiger charge is -2.16. The van der Waals surface area contributed by atoms with E-state index in [1.165, 1.54) is 39.9 Å². The Labute approximate surface area is 172 Å². The highest BCUT2D eigenvalue weighted by Crippen LogP contribution is 2.31. The van der Waals surface area contributed by atoms with Gasteiger partial charge in [0.2, 0.25) is 10.0 Å². The molecule has 1 fully saturated rings. The monoisotopic (exact) mass is 433 g/mol. The summed E-state index contributed by atoms with van der Waals surface area (Å²) in [6.45, 7) is 0. The summed E-state index contributed by atoms with van der Waals surface area (Å²) < 4.78 is 27.5. The van der Waals surface area contributed by atoms with Gasteiger partial charge in [0.1, 0.15) is 0 Å². The molecular weight excluding hydrogens is 414 g/mol. The Morgan fingerprint density at radius 2 is 1.93 bits per heavy atom. The van der Waals surface area contributed by atoms with Gasteiger partial charge in [0.25, 0.3) is 5.91 Å². The van der Waals surface area contributed by atoms with Crippen molar-refractivity contribution in [2.45, 2.75) is 28.7 Å². The van der Waals surface area contributed by atoms with Gasteiger partial charge in [-0.2, -0.15) is 4.31 Å². The van der Waals surface area contributed by atoms with E-state index >= 15 is 0 Å². The standard InChI is InChI=1S/C19H19N3O3S3/c1-22(13-5-6-13)28(24,25)15-8-3-12(4-9-15)18(23)21-19-20-16-10-7-14(26-2)11-17(16)27-19/h3-4,7-11,13H,5-6H2,1-2H3,(H,20,21,23). The number of thiazole rings is 1. The number of carbonyl (C=O) groups is 1. The molecule has 0 aliphatic heterocycles. The largest absolute Gasteiger partial charge is 0.298 e. The minimum atomic E-state index is -3.51. The van der Waals surface area contributed by atoms with Crippen LogP contribution in [0.5, 0.6) is 0 Å². The van der Waals surface area contributed by atoms with E-state index in [9.17, 15) is 13.2 Å². The number of nitrogens with one attached hydrogen (secondary N) is 1. The molecule has 4 rings (SSSR count). The number of amides is 1. The van der Waals surface area contributed by atoms with Gasteiger partial charge in [0, 0.05) is 23.5 Å². The van der Waals surface area contributed by atoms with E-state index in [2.05, 4.69) is 10.3 Å². The molecule has 1 saturated carbocycles. The molecule has 6 nitrogen and oxygen atoms in total. The van der Waals surface area contributed by atoms with Crippen LogP contribution in [0.1, 0.15) is 23.2 Å². The third-order valence-electron chi connectivity index (χ3n) is 4.67. The van der Waals surface area contributed by atoms with Crippen LogP contribution in [-0.2, 0) is 10.0 Å². The third kappa shape index (κ3) is 3.80. The van der Waals surface area contributed by atoms with Gasteiger partial charge < -0.3 is 0 Å². The molecule has 1 N–H and O–H groups in total. The molecule has 0 spiro atoms. The first kappa shape index (κ1) is 19.4. The van der Waals surface area contributed by atoms with Crippen LogP contribution in [0, 0.1) is 0 Å². The summed E-state index contributed by atoms with van der Waals surface area (Å²) in [4.78, 5) is 18.3. The lowest BCUT2D eigenvalue weighted by atomic mass is 10.2. The normalized spacial score (nSPS) is 14.5. The van der Waals surface area contributed by atoms with Crippen LogP contribution in [0.3, 0.4) is 0 Å². The van der Waals surface area contributed by atoms with Crippen LogP contribution in [-0.4, -0.2) is 43.0 Å². The minimum Gasteiger partial charge on any atom is -0.298 e. The van der Waals surface area contributed by atoms with Crippen LogP contribution in [0.25, 0.3) is 10.2 Å². The van der Waals surface area contributed by atoms with Crippen molar-refractivity contribution in [1.82, 2.24) is 9.29 Å². The molecule has 146 valence electrons. The molecule has 1 aromatic heterocycles. The van der Waals surface area contributed by atoms with E-state index in [1.807, 2.05) is 24.5 Å². The van der Waals surface area contributed by atoms with Crippen molar-refractivity contribution >= 4 is 54.4 Å². The third-order valence-corrected chi connectivity index (χ3v) is 8.25. The Morgan fingerprint density at radius 3 is 2.57 bits per heavy atom. The SMILES string of the molecule is CSc1ccc2nc(NC(=O)c3ccc(S(=O)(=O)N(C)C4CC4)cc3)sc2c1. The number of aromatic nitrogens is 1. The topological polar surface area (TPSA) is 79.4 Å². The Kier molecular flexibility index (Phi) is 5.17. The molecule has 0 unspecified atom stereocenters. The number of sulfonamides is 1. The van der Waals surface area contributed by atoms with Crippen LogP contribution in [0.4, 0.5) is 5.13 Å². The number of nitrogens with zero attached hydrogens (tertiary/aromatic N) is 2. The highest BCUT2D eigenvalue weighted by molar-refractivity contribution is 7.98. The Morgan fingerprint density at radius 1 is 1.21 bits per heavy atom. The van der Waals surface area contributed by atoms with Crippen LogP contribution in [0.15, 0.2) is 52.3 Å². The molecule has 1 amide bonds. The summed E-state index contributed by atoms with van der Waals surface area (Å²) in [6, 6.07) is 12.1. The minimum absolute atomic E-state index is 0.0960. The van der Waals surface area contributed by atoms with Crippen LogP contribution >= 0.6 is 23.1 Å². The van der Waals surface area contributed by atoms with Gasteiger partial charge in [0.05, 0.1) is 15.1 Å². The molecule has 2 aromatic carbocycles. The number of hydrogen-bond acceptors (Lipinski definition) is 6. The average molecular weight is 434 g/mol. The second kappa shape index (κ2) is 7.47. The van der Waals surface area contributed by atoms with Crippen molar-refractivity contribution in [2.24, 2.45) is 0 Å². The van der Waals surface area contributed by atoms with Gasteiger partial charge in [-0.1, -0.05) is 11.3 Å². The van der Waals surface area contributed by atoms with E-state index in [4.69, 9.17) is 0 Å². The smallest absolute Gasteiger partial charge is 0.257 e. The van der Waals surface area contributed by atoms with E-state index in [0.29, 0.717) is 10.7 Å². The molecule has 0 atom stereocenters. The van der Waals surface area contributed by atoms with E-state index in [-0.39, 0.29) is 16.8 Å². The number of benzene rings is 2. The fourth-order valence-corrected chi connectivity index (χ4v) is 5.66. The van der Waals surface area contributed by atoms with Gasteiger partial charge >= 0.3 is 0 Å². The number of rotatable bonds is 6. The number of fused-ring (bicyclic) bond motifs is 1. The highest BCUT2D eigenvalue weighted by Gasteiger charge is 2.35. The maximum atomic E-state index is 12.6. The lowest BCUT2D eigenvalue weighted by molar-refractivity contribution is 0.102. The first-order valence-electron chi connectivity index (χ1n) is 8.72. The van der Waals surface area contributed by atoms with Crippen molar-refractivity contribution in [1.29, 1.82) is 0 Å². The summed E-state index contributed by atoms with van der Waals surface area (Å²) in [5, 5.41) is 3.31. The summed E-state index contributed by atoms with van der Waals surface area (Å²) in [5.74, 6) is -0.316. The second-order valence-electron chi connectivity index (χ2n) is 6.58. The van der Waals surface area contributed by atoms with Gasteiger partial charge in [0.15, 0.2) is 5.13 Å². The van der Waals surface area contributed by atoms with Gasteiger partial charge in [-0.25, -0.2) is 13.4 Å². The predicted octanol–water partition coefficient (Wildman–Crippen LogP) is 4.05. The Bertz CT molecular complexity index is 1140. The van der Waals surface area contributed by atoms with Crippen LogP contribution < -0.4 is 5.32 Å². The summed E-state index contributed by atoms with van der Waals surface area (Å²) >= 11 is 3.07. The highest BCUT2D eigenvalue weighted by atomic mass is 32.2. The molecule has 3 aromatic rings. The average Bonchev–Trinajstić information content (AvgIpc) is 3.47. The van der Waals surface area contributed by atoms with Crippen molar-refractivity contribution in [3.05, 3.63) is 48.0 Å². The van der Waals surface area contributed by atoms with E-state index < -0.39 is 10.0 Å². The maximum absolute atomic E-state index is 12.6. The van der Waals surface area contributed by atoms with Gasteiger partial charge in [-0.15, -0.1) is 11.8 Å². The van der Waals surface area contributed by atoms with Crippen molar-refractivity contribution in [3.63, 3.8) is 0 Å². The second-order valence-corrected chi connectivity index (χ2v) is 10.5. The first-order valence-corrected chi connectivity index (χ1v) is 12.2. The molecule has 1 aliphatic rings. The molecule has 1 aliphatic carbocycles. The number of anilines is 1. The predicted molar refractivity (Wildman–Crippen MR) is 114 cm³/mol. The molecular formula is C19H19N3O3S3.